The van der Waals surface area contributed by atoms with Crippen molar-refractivity contribution in [2.45, 2.75) is 0 Å². The van der Waals surface area contributed by atoms with Gasteiger partial charge in [-0.15, -0.1) is 0 Å². The van der Waals surface area contributed by atoms with Gasteiger partial charge < -0.3 is 4.42 Å². The molecule has 0 fully saturated rings. The van der Waals surface area contributed by atoms with Crippen LogP contribution in [-0.4, -0.2) is 27.5 Å². The topological polar surface area (TPSA) is 82.0 Å². The Morgan fingerprint density at radius 2 is 2.00 bits per heavy atom. The van der Waals surface area contributed by atoms with Gasteiger partial charge >= 0.3 is 0 Å². The molecule has 0 spiro atoms. The third kappa shape index (κ3) is 2.57. The van der Waals surface area contributed by atoms with E-state index in [9.17, 15) is 4.79 Å². The average molecular weight is 357 g/mol. The first kappa shape index (κ1) is 14.9. The molecule has 2 aliphatic rings. The van der Waals surface area contributed by atoms with Crippen LogP contribution < -0.4 is 0 Å². The molecule has 0 saturated heterocycles. The number of aliphatic imine (C=N–C) groups is 1. The lowest BCUT2D eigenvalue weighted by molar-refractivity contribution is -0.114. The molecule has 4 rings (SSSR count). The molecular formula is C16H9ClN4O2S. The zero-order valence-electron chi connectivity index (χ0n) is 12.1. The number of carbonyl (C=O) groups is 1. The third-order valence-electron chi connectivity index (χ3n) is 3.44. The number of fused-ring (bicyclic) bond motifs is 1. The molecule has 1 amide bonds. The van der Waals surface area contributed by atoms with E-state index >= 15 is 0 Å². The molecule has 0 radical (unpaired) electrons. The molecule has 8 heteroatoms. The van der Waals surface area contributed by atoms with E-state index in [2.05, 4.69) is 10.1 Å². The summed E-state index contributed by atoms with van der Waals surface area (Å²) in [5, 5.41) is 14.5. The maximum atomic E-state index is 12.1. The van der Waals surface area contributed by atoms with Crippen LogP contribution in [0.4, 0.5) is 0 Å². The van der Waals surface area contributed by atoms with Crippen LogP contribution in [0.15, 0.2) is 56.5 Å². The third-order valence-corrected chi connectivity index (χ3v) is 4.37. The molecule has 6 nitrogen and oxygen atoms in total. The number of thioether (sulfide) groups is 1. The summed E-state index contributed by atoms with van der Waals surface area (Å²) in [7, 11) is 0. The number of amides is 1. The molecule has 0 saturated carbocycles. The van der Waals surface area contributed by atoms with Crippen molar-refractivity contribution >= 4 is 51.9 Å². The van der Waals surface area contributed by atoms with Gasteiger partial charge in [0.1, 0.15) is 11.5 Å². The van der Waals surface area contributed by atoms with Crippen LogP contribution in [0.25, 0.3) is 17.4 Å². The Morgan fingerprint density at radius 1 is 1.21 bits per heavy atom. The predicted octanol–water partition coefficient (Wildman–Crippen LogP) is 3.85. The van der Waals surface area contributed by atoms with Crippen molar-refractivity contribution in [2.75, 3.05) is 0 Å². The molecule has 118 valence electrons. The van der Waals surface area contributed by atoms with Crippen LogP contribution in [0.5, 0.6) is 0 Å². The zero-order chi connectivity index (χ0) is 16.7. The molecular weight excluding hydrogens is 348 g/mol. The van der Waals surface area contributed by atoms with Crippen molar-refractivity contribution in [3.8, 4) is 11.3 Å². The smallest absolute Gasteiger partial charge is 0.283 e. The number of halogens is 1. The standard InChI is InChI=1S/C16H9ClN4O2S/c17-10-3-1-9(2-4-10)13-6-5-11(23-13)7-12-14(18)21-16(20-15(12)22)24-8-19-21/h1-8,18H/b12-7+,18-14?. The molecule has 24 heavy (non-hydrogen) atoms. The summed E-state index contributed by atoms with van der Waals surface area (Å²) in [6.07, 6.45) is 1.50. The van der Waals surface area contributed by atoms with Crippen molar-refractivity contribution in [1.82, 2.24) is 5.01 Å². The Hall–Kier alpha value is -2.64. The molecule has 1 aromatic carbocycles. The van der Waals surface area contributed by atoms with Crippen LogP contribution in [-0.2, 0) is 4.79 Å². The van der Waals surface area contributed by atoms with Crippen molar-refractivity contribution < 1.29 is 9.21 Å². The number of hydrogen-bond donors (Lipinski definition) is 1. The van der Waals surface area contributed by atoms with Gasteiger partial charge in [0.2, 0.25) is 0 Å². The lowest BCUT2D eigenvalue weighted by atomic mass is 10.1. The van der Waals surface area contributed by atoms with Crippen molar-refractivity contribution in [3.63, 3.8) is 0 Å². The Morgan fingerprint density at radius 3 is 2.79 bits per heavy atom. The van der Waals surface area contributed by atoms with Gasteiger partial charge in [-0.1, -0.05) is 11.6 Å². The molecule has 2 aromatic rings. The number of hydrogen-bond acceptors (Lipinski definition) is 5. The number of hydrazone groups is 1. The number of nitrogens with zero attached hydrogens (tertiary/aromatic N) is 3. The monoisotopic (exact) mass is 356 g/mol. The zero-order valence-corrected chi connectivity index (χ0v) is 13.6. The lowest BCUT2D eigenvalue weighted by Crippen LogP contribution is -2.35. The fraction of sp³-hybridized carbons (Fsp3) is 0. The quantitative estimate of drug-likeness (QED) is 0.828. The molecule has 0 aliphatic carbocycles. The van der Waals surface area contributed by atoms with Crippen LogP contribution in [0.2, 0.25) is 5.02 Å². The summed E-state index contributed by atoms with van der Waals surface area (Å²) < 4.78 is 5.74. The fourth-order valence-electron chi connectivity index (χ4n) is 2.28. The van der Waals surface area contributed by atoms with E-state index in [0.29, 0.717) is 21.7 Å². The first-order chi connectivity index (χ1) is 11.6. The van der Waals surface area contributed by atoms with Crippen LogP contribution in [0, 0.1) is 5.41 Å². The van der Waals surface area contributed by atoms with Crippen molar-refractivity contribution in [3.05, 3.63) is 52.8 Å². The minimum absolute atomic E-state index is 0.0179. The highest BCUT2D eigenvalue weighted by molar-refractivity contribution is 8.25. The Labute approximate surface area is 146 Å². The first-order valence-electron chi connectivity index (χ1n) is 6.90. The van der Waals surface area contributed by atoms with E-state index in [4.69, 9.17) is 21.4 Å². The van der Waals surface area contributed by atoms with Gasteiger partial charge in [0.25, 0.3) is 5.91 Å². The van der Waals surface area contributed by atoms with E-state index < -0.39 is 5.91 Å². The second-order valence-corrected chi connectivity index (χ2v) is 6.21. The minimum Gasteiger partial charge on any atom is -0.457 e. The molecule has 1 aromatic heterocycles. The second-order valence-electron chi connectivity index (χ2n) is 4.97. The second kappa shape index (κ2) is 5.77. The molecule has 0 unspecified atom stereocenters. The average Bonchev–Trinajstić information content (AvgIpc) is 3.21. The Bertz CT molecular complexity index is 943. The number of rotatable bonds is 2. The maximum Gasteiger partial charge on any atom is 0.283 e. The highest BCUT2D eigenvalue weighted by Crippen LogP contribution is 2.27. The molecule has 0 atom stereocenters. The van der Waals surface area contributed by atoms with Crippen LogP contribution >= 0.6 is 23.4 Å². The van der Waals surface area contributed by atoms with Gasteiger partial charge in [-0.25, -0.2) is 0 Å². The summed E-state index contributed by atoms with van der Waals surface area (Å²) in [5.74, 6) is 0.610. The van der Waals surface area contributed by atoms with E-state index in [1.807, 2.05) is 12.1 Å². The number of amidine groups is 2. The van der Waals surface area contributed by atoms with Gasteiger partial charge in [0, 0.05) is 10.6 Å². The van der Waals surface area contributed by atoms with Crippen LogP contribution in [0.1, 0.15) is 5.76 Å². The maximum absolute atomic E-state index is 12.1. The van der Waals surface area contributed by atoms with Crippen molar-refractivity contribution in [2.24, 2.45) is 10.1 Å². The Kier molecular flexibility index (Phi) is 3.59. The highest BCUT2D eigenvalue weighted by atomic mass is 35.5. The summed E-state index contributed by atoms with van der Waals surface area (Å²) in [5.41, 5.74) is 2.54. The van der Waals surface area contributed by atoms with Crippen molar-refractivity contribution in [1.29, 1.82) is 5.41 Å². The van der Waals surface area contributed by atoms with Gasteiger partial charge in [-0.05, 0) is 54.2 Å². The normalized spacial score (nSPS) is 18.3. The van der Waals surface area contributed by atoms with Gasteiger partial charge in [-0.2, -0.15) is 15.1 Å². The number of nitrogens with one attached hydrogen (secondary N) is 1. The largest absolute Gasteiger partial charge is 0.457 e. The SMILES string of the molecule is N=C1/C(=C\c2ccc(-c3ccc(Cl)cc3)o2)C(=O)N=C2SC=NN12. The highest BCUT2D eigenvalue weighted by Gasteiger charge is 2.32. The van der Waals surface area contributed by atoms with E-state index in [1.165, 1.54) is 28.4 Å². The van der Waals surface area contributed by atoms with E-state index in [1.54, 1.807) is 24.3 Å². The minimum atomic E-state index is -0.478. The summed E-state index contributed by atoms with van der Waals surface area (Å²) >= 11 is 7.08. The molecule has 0 bridgehead atoms. The van der Waals surface area contributed by atoms with E-state index in [0.717, 1.165) is 5.56 Å². The van der Waals surface area contributed by atoms with E-state index in [-0.39, 0.29) is 11.4 Å². The molecule has 2 aliphatic heterocycles. The first-order valence-corrected chi connectivity index (χ1v) is 8.16. The summed E-state index contributed by atoms with van der Waals surface area (Å²) in [6.45, 7) is 0. The predicted molar refractivity (Wildman–Crippen MR) is 95.2 cm³/mol. The van der Waals surface area contributed by atoms with Gasteiger partial charge in [0.15, 0.2) is 11.0 Å². The molecule has 3 heterocycles. The number of benzene rings is 1. The van der Waals surface area contributed by atoms with Gasteiger partial charge in [0.05, 0.1) is 11.1 Å². The summed E-state index contributed by atoms with van der Waals surface area (Å²) in [4.78, 5) is 16.0. The molecule has 1 N–H and O–H groups in total. The fourth-order valence-corrected chi connectivity index (χ4v) is 3.01. The summed E-state index contributed by atoms with van der Waals surface area (Å²) in [6, 6.07) is 10.8. The Balaban J connectivity index is 1.67. The van der Waals surface area contributed by atoms with Crippen LogP contribution in [0.3, 0.4) is 0 Å². The number of furan rings is 1. The number of carbonyl (C=O) groups excluding carboxylic acids is 1. The van der Waals surface area contributed by atoms with Gasteiger partial charge in [-0.3, -0.25) is 10.2 Å². The lowest BCUT2D eigenvalue weighted by Gasteiger charge is -2.19.